The Hall–Kier alpha value is -0.500. The third-order valence-corrected chi connectivity index (χ3v) is 3.33. The molecule has 0 amide bonds. The van der Waals surface area contributed by atoms with E-state index in [1.165, 1.54) is 30.5 Å². The molecule has 0 spiro atoms. The van der Waals surface area contributed by atoms with E-state index in [0.717, 1.165) is 10.9 Å². The van der Waals surface area contributed by atoms with Gasteiger partial charge in [-0.1, -0.05) is 42.6 Å². The summed E-state index contributed by atoms with van der Waals surface area (Å²) in [6, 6.07) is 7.04. The highest BCUT2D eigenvalue weighted by Gasteiger charge is 2.05. The molecule has 0 radical (unpaired) electrons. The fourth-order valence-electron chi connectivity index (χ4n) is 1.84. The molecule has 16 heavy (non-hydrogen) atoms. The Morgan fingerprint density at radius 2 is 2.06 bits per heavy atom. The van der Waals surface area contributed by atoms with Crippen LogP contribution in [-0.2, 0) is 6.42 Å². The largest absolute Gasteiger partial charge is 0.382 e. The summed E-state index contributed by atoms with van der Waals surface area (Å²) in [5.74, 6) is 0. The van der Waals surface area contributed by atoms with E-state index in [0.29, 0.717) is 6.04 Å². The topological polar surface area (TPSA) is 12.0 Å². The van der Waals surface area contributed by atoms with Gasteiger partial charge in [0.15, 0.2) is 0 Å². The second-order valence-electron chi connectivity index (χ2n) is 4.34. The molecule has 1 nitrogen and oxygen atoms in total. The molecule has 1 N–H and O–H groups in total. The summed E-state index contributed by atoms with van der Waals surface area (Å²) >= 11 is 3.52. The second-order valence-corrected chi connectivity index (χ2v) is 5.26. The van der Waals surface area contributed by atoms with E-state index in [2.05, 4.69) is 60.2 Å². The van der Waals surface area contributed by atoms with Crippen LogP contribution in [0, 0.1) is 0 Å². The first-order chi connectivity index (χ1) is 7.67. The van der Waals surface area contributed by atoms with Crippen LogP contribution >= 0.6 is 15.9 Å². The van der Waals surface area contributed by atoms with Crippen LogP contribution in [0.5, 0.6) is 0 Å². The Morgan fingerprint density at radius 1 is 1.31 bits per heavy atom. The minimum absolute atomic E-state index is 0.562. The number of rotatable bonds is 6. The monoisotopic (exact) mass is 283 g/mol. The highest BCUT2D eigenvalue weighted by molar-refractivity contribution is 9.10. The zero-order valence-electron chi connectivity index (χ0n) is 10.5. The van der Waals surface area contributed by atoms with Crippen molar-refractivity contribution in [3.63, 3.8) is 0 Å². The maximum absolute atomic E-state index is 3.60. The predicted molar refractivity (Wildman–Crippen MR) is 76.1 cm³/mol. The molecule has 0 aromatic heterocycles. The van der Waals surface area contributed by atoms with Crippen molar-refractivity contribution in [2.24, 2.45) is 0 Å². The lowest BCUT2D eigenvalue weighted by molar-refractivity contribution is 0.644. The highest BCUT2D eigenvalue weighted by Crippen LogP contribution is 2.22. The van der Waals surface area contributed by atoms with Gasteiger partial charge < -0.3 is 5.32 Å². The molecule has 1 atom stereocenters. The van der Waals surface area contributed by atoms with Crippen LogP contribution in [0.25, 0.3) is 0 Å². The van der Waals surface area contributed by atoms with E-state index < -0.39 is 0 Å². The molecule has 0 bridgehead atoms. The third-order valence-electron chi connectivity index (χ3n) is 2.84. The van der Waals surface area contributed by atoms with Crippen molar-refractivity contribution in [2.75, 3.05) is 5.32 Å². The summed E-state index contributed by atoms with van der Waals surface area (Å²) in [5.41, 5.74) is 2.67. The predicted octanol–water partition coefficient (Wildman–Crippen LogP) is 5.00. The zero-order valence-corrected chi connectivity index (χ0v) is 12.1. The zero-order chi connectivity index (χ0) is 12.0. The quantitative estimate of drug-likeness (QED) is 0.775. The summed E-state index contributed by atoms with van der Waals surface area (Å²) < 4.78 is 1.16. The van der Waals surface area contributed by atoms with E-state index in [9.17, 15) is 0 Å². The Balaban J connectivity index is 2.65. The van der Waals surface area contributed by atoms with Crippen LogP contribution in [0.2, 0.25) is 0 Å². The van der Waals surface area contributed by atoms with E-state index in [1.807, 2.05) is 0 Å². The summed E-state index contributed by atoms with van der Waals surface area (Å²) in [5, 5.41) is 3.60. The molecule has 2 heteroatoms. The van der Waals surface area contributed by atoms with Crippen LogP contribution in [0.1, 0.15) is 45.6 Å². The summed E-state index contributed by atoms with van der Waals surface area (Å²) in [4.78, 5) is 0. The van der Waals surface area contributed by atoms with Crippen molar-refractivity contribution in [1.29, 1.82) is 0 Å². The normalized spacial score (nSPS) is 12.5. The highest BCUT2D eigenvalue weighted by atomic mass is 79.9. The van der Waals surface area contributed by atoms with Crippen LogP contribution in [0.15, 0.2) is 22.7 Å². The summed E-state index contributed by atoms with van der Waals surface area (Å²) in [6.45, 7) is 6.70. The Bertz CT molecular complexity index is 323. The Labute approximate surface area is 108 Å². The lowest BCUT2D eigenvalue weighted by Gasteiger charge is -2.17. The van der Waals surface area contributed by atoms with E-state index >= 15 is 0 Å². The van der Waals surface area contributed by atoms with Gasteiger partial charge in [0.1, 0.15) is 0 Å². The van der Waals surface area contributed by atoms with Gasteiger partial charge in [-0.3, -0.25) is 0 Å². The molecule has 0 aliphatic rings. The van der Waals surface area contributed by atoms with Crippen LogP contribution < -0.4 is 5.32 Å². The van der Waals surface area contributed by atoms with Gasteiger partial charge >= 0.3 is 0 Å². The Morgan fingerprint density at radius 3 is 2.69 bits per heavy atom. The molecule has 0 fully saturated rings. The van der Waals surface area contributed by atoms with Crippen LogP contribution in [-0.4, -0.2) is 6.04 Å². The minimum Gasteiger partial charge on any atom is -0.382 e. The molecule has 90 valence electrons. The lowest BCUT2D eigenvalue weighted by Crippen LogP contribution is -2.15. The van der Waals surface area contributed by atoms with Crippen molar-refractivity contribution >= 4 is 21.6 Å². The number of benzene rings is 1. The third kappa shape index (κ3) is 4.17. The lowest BCUT2D eigenvalue weighted by atomic mass is 10.1. The Kier molecular flexibility index (Phi) is 5.89. The first-order valence-corrected chi connectivity index (χ1v) is 7.01. The van der Waals surface area contributed by atoms with Crippen molar-refractivity contribution in [3.05, 3.63) is 28.2 Å². The number of hydrogen-bond acceptors (Lipinski definition) is 1. The van der Waals surface area contributed by atoms with Crippen molar-refractivity contribution in [2.45, 2.75) is 52.5 Å². The maximum atomic E-state index is 3.60. The molecule has 0 saturated heterocycles. The van der Waals surface area contributed by atoms with Crippen molar-refractivity contribution in [3.8, 4) is 0 Å². The van der Waals surface area contributed by atoms with Gasteiger partial charge in [0.25, 0.3) is 0 Å². The van der Waals surface area contributed by atoms with Gasteiger partial charge in [-0.15, -0.1) is 0 Å². The van der Waals surface area contributed by atoms with Gasteiger partial charge in [-0.2, -0.15) is 0 Å². The van der Waals surface area contributed by atoms with Gasteiger partial charge in [-0.05, 0) is 43.5 Å². The van der Waals surface area contributed by atoms with Crippen LogP contribution in [0.4, 0.5) is 5.69 Å². The van der Waals surface area contributed by atoms with Crippen molar-refractivity contribution < 1.29 is 0 Å². The fourth-order valence-corrected chi connectivity index (χ4v) is 2.25. The minimum atomic E-state index is 0.562. The number of anilines is 1. The first-order valence-electron chi connectivity index (χ1n) is 6.22. The van der Waals surface area contributed by atoms with Gasteiger partial charge in [-0.25, -0.2) is 0 Å². The average molecular weight is 284 g/mol. The van der Waals surface area contributed by atoms with E-state index in [-0.39, 0.29) is 0 Å². The molecule has 1 unspecified atom stereocenters. The molecule has 0 aliphatic carbocycles. The SMILES string of the molecule is CCCCC(C)Nc1ccc(Br)cc1CC. The maximum Gasteiger partial charge on any atom is 0.0375 e. The molecular weight excluding hydrogens is 262 g/mol. The number of hydrogen-bond donors (Lipinski definition) is 1. The molecule has 1 aromatic carbocycles. The molecule has 1 aromatic rings. The molecule has 0 heterocycles. The smallest absolute Gasteiger partial charge is 0.0375 e. The first kappa shape index (κ1) is 13.6. The van der Waals surface area contributed by atoms with Crippen LogP contribution in [0.3, 0.4) is 0 Å². The number of halogens is 1. The standard InChI is InChI=1S/C14H22BrN/c1-4-6-7-11(3)16-14-9-8-13(15)10-12(14)5-2/h8-11,16H,4-7H2,1-3H3. The number of aryl methyl sites for hydroxylation is 1. The molecule has 1 rings (SSSR count). The van der Waals surface area contributed by atoms with Gasteiger partial charge in [0.2, 0.25) is 0 Å². The number of unbranched alkanes of at least 4 members (excludes halogenated alkanes) is 1. The average Bonchev–Trinajstić information content (AvgIpc) is 2.28. The van der Waals surface area contributed by atoms with E-state index in [4.69, 9.17) is 0 Å². The number of nitrogens with one attached hydrogen (secondary N) is 1. The fraction of sp³-hybridized carbons (Fsp3) is 0.571. The van der Waals surface area contributed by atoms with Gasteiger partial charge in [0, 0.05) is 16.2 Å². The molecule has 0 saturated carbocycles. The summed E-state index contributed by atoms with van der Waals surface area (Å²) in [6.07, 6.45) is 4.89. The molecular formula is C14H22BrN. The summed E-state index contributed by atoms with van der Waals surface area (Å²) in [7, 11) is 0. The van der Waals surface area contributed by atoms with E-state index in [1.54, 1.807) is 0 Å². The second kappa shape index (κ2) is 6.95. The molecule has 0 aliphatic heterocycles. The van der Waals surface area contributed by atoms with Crippen molar-refractivity contribution in [1.82, 2.24) is 0 Å². The van der Waals surface area contributed by atoms with Gasteiger partial charge in [0.05, 0.1) is 0 Å².